The predicted octanol–water partition coefficient (Wildman–Crippen LogP) is 1.96. The van der Waals surface area contributed by atoms with Crippen molar-refractivity contribution in [2.24, 2.45) is 0 Å². The number of piperidine rings is 1. The molecule has 0 bridgehead atoms. The Morgan fingerprint density at radius 1 is 1.12 bits per heavy atom. The van der Waals surface area contributed by atoms with Gasteiger partial charge in [-0.25, -0.2) is 0 Å². The van der Waals surface area contributed by atoms with Crippen LogP contribution in [0.1, 0.15) is 39.5 Å². The van der Waals surface area contributed by atoms with Crippen LogP contribution in [-0.4, -0.2) is 47.6 Å². The van der Waals surface area contributed by atoms with E-state index in [0.29, 0.717) is 0 Å². The Bertz CT molecular complexity index is 277. The molecule has 2 saturated heterocycles. The van der Waals surface area contributed by atoms with Crippen LogP contribution in [-0.2, 0) is 0 Å². The summed E-state index contributed by atoms with van der Waals surface area (Å²) in [5, 5.41) is 0. The molecule has 0 spiro atoms. The monoisotopic (exact) mass is 220 g/mol. The molecule has 90 valence electrons. The van der Waals surface area contributed by atoms with Gasteiger partial charge in [0.2, 0.25) is 0 Å². The van der Waals surface area contributed by atoms with Crippen LogP contribution in [0.2, 0.25) is 0 Å². The molecule has 0 aromatic heterocycles. The van der Waals surface area contributed by atoms with Crippen molar-refractivity contribution in [3.63, 3.8) is 0 Å². The molecule has 0 N–H and O–H groups in total. The van der Waals surface area contributed by atoms with E-state index in [1.54, 1.807) is 0 Å². The van der Waals surface area contributed by atoms with Gasteiger partial charge in [0, 0.05) is 19.1 Å². The number of rotatable bonds is 1. The maximum Gasteiger partial charge on any atom is 0.0766 e. The van der Waals surface area contributed by atoms with Gasteiger partial charge in [-0.15, -0.1) is 6.42 Å². The van der Waals surface area contributed by atoms with E-state index < -0.39 is 0 Å². The Labute approximate surface area is 100.0 Å². The molecule has 2 heterocycles. The first-order valence-corrected chi connectivity index (χ1v) is 6.60. The van der Waals surface area contributed by atoms with Gasteiger partial charge in [0.1, 0.15) is 0 Å². The zero-order valence-electron chi connectivity index (χ0n) is 10.7. The second kappa shape index (κ2) is 4.77. The van der Waals surface area contributed by atoms with Crippen molar-refractivity contribution in [2.75, 3.05) is 26.2 Å². The minimum atomic E-state index is -0.0759. The van der Waals surface area contributed by atoms with Crippen molar-refractivity contribution in [3.05, 3.63) is 0 Å². The fourth-order valence-electron chi connectivity index (χ4n) is 2.97. The van der Waals surface area contributed by atoms with Crippen molar-refractivity contribution in [2.45, 2.75) is 51.1 Å². The first-order valence-electron chi connectivity index (χ1n) is 6.60. The van der Waals surface area contributed by atoms with Crippen molar-refractivity contribution < 1.29 is 0 Å². The van der Waals surface area contributed by atoms with Crippen molar-refractivity contribution >= 4 is 0 Å². The van der Waals surface area contributed by atoms with Gasteiger partial charge in [0.25, 0.3) is 0 Å². The standard InChI is InChI=1S/C14H24N2/c1-4-14(2,3)16-11-7-10-15-9-6-5-8-13(15)12-16/h1,13H,5-12H2,2-3H3. The van der Waals surface area contributed by atoms with Crippen molar-refractivity contribution in [3.8, 4) is 12.3 Å². The molecule has 2 fully saturated rings. The quantitative estimate of drug-likeness (QED) is 0.623. The molecular formula is C14H24N2. The van der Waals surface area contributed by atoms with Crippen LogP contribution in [0.5, 0.6) is 0 Å². The van der Waals surface area contributed by atoms with Crippen LogP contribution >= 0.6 is 0 Å². The molecule has 0 aliphatic carbocycles. The number of fused-ring (bicyclic) bond motifs is 1. The molecule has 1 unspecified atom stereocenters. The fraction of sp³-hybridized carbons (Fsp3) is 0.857. The second-order valence-electron chi connectivity index (χ2n) is 5.69. The maximum atomic E-state index is 5.65. The normalized spacial score (nSPS) is 29.2. The van der Waals surface area contributed by atoms with E-state index in [2.05, 4.69) is 29.6 Å². The first-order chi connectivity index (χ1) is 7.63. The highest BCUT2D eigenvalue weighted by atomic mass is 15.3. The average Bonchev–Trinajstić information content (AvgIpc) is 2.51. The summed E-state index contributed by atoms with van der Waals surface area (Å²) in [6.45, 7) is 9.23. The van der Waals surface area contributed by atoms with Crippen LogP contribution < -0.4 is 0 Å². The van der Waals surface area contributed by atoms with E-state index in [-0.39, 0.29) is 5.54 Å². The third-order valence-electron chi connectivity index (χ3n) is 4.20. The Morgan fingerprint density at radius 2 is 1.88 bits per heavy atom. The van der Waals surface area contributed by atoms with E-state index in [4.69, 9.17) is 6.42 Å². The molecular weight excluding hydrogens is 196 g/mol. The minimum absolute atomic E-state index is 0.0759. The zero-order chi connectivity index (χ0) is 11.6. The zero-order valence-corrected chi connectivity index (χ0v) is 10.7. The predicted molar refractivity (Wildman–Crippen MR) is 68.3 cm³/mol. The summed E-state index contributed by atoms with van der Waals surface area (Å²) in [4.78, 5) is 5.18. The van der Waals surface area contributed by atoms with Gasteiger partial charge in [-0.05, 0) is 46.2 Å². The highest BCUT2D eigenvalue weighted by Crippen LogP contribution is 2.24. The van der Waals surface area contributed by atoms with Gasteiger partial charge < -0.3 is 0 Å². The van der Waals surface area contributed by atoms with Gasteiger partial charge in [-0.1, -0.05) is 12.3 Å². The molecule has 0 aromatic carbocycles. The minimum Gasteiger partial charge on any atom is -0.299 e. The highest BCUT2D eigenvalue weighted by molar-refractivity contribution is 5.09. The summed E-state index contributed by atoms with van der Waals surface area (Å²) in [6.07, 6.45) is 11.1. The van der Waals surface area contributed by atoms with Crippen LogP contribution in [0.25, 0.3) is 0 Å². The molecule has 16 heavy (non-hydrogen) atoms. The van der Waals surface area contributed by atoms with Crippen LogP contribution in [0.15, 0.2) is 0 Å². The van der Waals surface area contributed by atoms with E-state index in [1.807, 2.05) is 0 Å². The number of nitrogens with zero attached hydrogens (tertiary/aromatic N) is 2. The molecule has 2 heteroatoms. The molecule has 1 atom stereocenters. The Hall–Kier alpha value is -0.520. The van der Waals surface area contributed by atoms with Gasteiger partial charge in [-0.3, -0.25) is 9.80 Å². The number of hydrogen-bond acceptors (Lipinski definition) is 2. The molecule has 0 amide bonds. The summed E-state index contributed by atoms with van der Waals surface area (Å²) in [6, 6.07) is 0.754. The third kappa shape index (κ3) is 2.42. The lowest BCUT2D eigenvalue weighted by Gasteiger charge is -2.39. The lowest BCUT2D eigenvalue weighted by atomic mass is 9.99. The highest BCUT2D eigenvalue weighted by Gasteiger charge is 2.32. The molecule has 0 radical (unpaired) electrons. The SMILES string of the molecule is C#CC(C)(C)N1CCCN2CCCCC2C1. The number of terminal acetylenes is 1. The molecule has 2 aliphatic heterocycles. The third-order valence-corrected chi connectivity index (χ3v) is 4.20. The summed E-state index contributed by atoms with van der Waals surface area (Å²) in [5.74, 6) is 2.94. The lowest BCUT2D eigenvalue weighted by Crippen LogP contribution is -2.49. The van der Waals surface area contributed by atoms with Crippen LogP contribution in [0.4, 0.5) is 0 Å². The van der Waals surface area contributed by atoms with Crippen LogP contribution in [0.3, 0.4) is 0 Å². The topological polar surface area (TPSA) is 6.48 Å². The maximum absolute atomic E-state index is 5.65. The van der Waals surface area contributed by atoms with Gasteiger partial charge in [0.05, 0.1) is 5.54 Å². The molecule has 0 saturated carbocycles. The Balaban J connectivity index is 2.05. The van der Waals surface area contributed by atoms with E-state index in [9.17, 15) is 0 Å². The second-order valence-corrected chi connectivity index (χ2v) is 5.69. The van der Waals surface area contributed by atoms with E-state index in [0.717, 1.165) is 19.1 Å². The van der Waals surface area contributed by atoms with E-state index in [1.165, 1.54) is 38.8 Å². The van der Waals surface area contributed by atoms with Gasteiger partial charge >= 0.3 is 0 Å². The molecule has 0 aromatic rings. The van der Waals surface area contributed by atoms with Crippen molar-refractivity contribution in [1.82, 2.24) is 9.80 Å². The van der Waals surface area contributed by atoms with Crippen molar-refractivity contribution in [1.29, 1.82) is 0 Å². The first kappa shape index (κ1) is 12.0. The van der Waals surface area contributed by atoms with E-state index >= 15 is 0 Å². The smallest absolute Gasteiger partial charge is 0.0766 e. The average molecular weight is 220 g/mol. The van der Waals surface area contributed by atoms with Gasteiger partial charge in [-0.2, -0.15) is 0 Å². The summed E-state index contributed by atoms with van der Waals surface area (Å²) >= 11 is 0. The summed E-state index contributed by atoms with van der Waals surface area (Å²) < 4.78 is 0. The van der Waals surface area contributed by atoms with Crippen LogP contribution in [0, 0.1) is 12.3 Å². The fourth-order valence-corrected chi connectivity index (χ4v) is 2.97. The number of hydrogen-bond donors (Lipinski definition) is 0. The Kier molecular flexibility index (Phi) is 3.56. The largest absolute Gasteiger partial charge is 0.299 e. The molecule has 2 nitrogen and oxygen atoms in total. The lowest BCUT2D eigenvalue weighted by molar-refractivity contribution is 0.109. The molecule has 2 aliphatic rings. The van der Waals surface area contributed by atoms with Gasteiger partial charge in [0.15, 0.2) is 0 Å². The Morgan fingerprint density at radius 3 is 2.62 bits per heavy atom. The summed E-state index contributed by atoms with van der Waals surface area (Å²) in [5.41, 5.74) is -0.0759. The molecule has 2 rings (SSSR count). The summed E-state index contributed by atoms with van der Waals surface area (Å²) in [7, 11) is 0.